The van der Waals surface area contributed by atoms with Gasteiger partial charge in [0.25, 0.3) is 0 Å². The zero-order valence-corrected chi connectivity index (χ0v) is 16.0. The van der Waals surface area contributed by atoms with E-state index in [9.17, 15) is 4.79 Å². The number of benzene rings is 2. The molecule has 4 nitrogen and oxygen atoms in total. The van der Waals surface area contributed by atoms with Gasteiger partial charge in [-0.1, -0.05) is 55.5 Å². The molecule has 2 aromatic carbocycles. The summed E-state index contributed by atoms with van der Waals surface area (Å²) in [4.78, 5) is 18.1. The summed E-state index contributed by atoms with van der Waals surface area (Å²) < 4.78 is 2.10. The number of anilines is 1. The molecule has 0 atom stereocenters. The standard InChI is InChI=1S/C22H21N3OS/c1-2-16-8-6-7-11-19(16)23-21(26)13-12-18-15-27-22-24-20(14-25(18)22)17-9-4-3-5-10-17/h3-11,14-15H,2,12-13H2,1H3,(H,23,26). The number of aromatic nitrogens is 2. The van der Waals surface area contributed by atoms with Crippen LogP contribution in [0.25, 0.3) is 16.2 Å². The van der Waals surface area contributed by atoms with Crippen molar-refractivity contribution < 1.29 is 4.79 Å². The van der Waals surface area contributed by atoms with Crippen LogP contribution in [0.15, 0.2) is 66.2 Å². The Morgan fingerprint density at radius 2 is 1.89 bits per heavy atom. The van der Waals surface area contributed by atoms with Gasteiger partial charge >= 0.3 is 0 Å². The van der Waals surface area contributed by atoms with Crippen LogP contribution in [0.2, 0.25) is 0 Å². The summed E-state index contributed by atoms with van der Waals surface area (Å²) in [6, 6.07) is 18.1. The van der Waals surface area contributed by atoms with E-state index in [1.807, 2.05) is 36.4 Å². The summed E-state index contributed by atoms with van der Waals surface area (Å²) in [7, 11) is 0. The second-order valence-corrected chi connectivity index (χ2v) is 7.27. The molecule has 136 valence electrons. The van der Waals surface area contributed by atoms with Crippen LogP contribution < -0.4 is 5.32 Å². The zero-order chi connectivity index (χ0) is 18.6. The van der Waals surface area contributed by atoms with E-state index in [4.69, 9.17) is 4.98 Å². The first-order valence-corrected chi connectivity index (χ1v) is 10.0. The van der Waals surface area contributed by atoms with Crippen molar-refractivity contribution in [3.63, 3.8) is 0 Å². The minimum Gasteiger partial charge on any atom is -0.326 e. The largest absolute Gasteiger partial charge is 0.326 e. The van der Waals surface area contributed by atoms with Crippen molar-refractivity contribution in [2.24, 2.45) is 0 Å². The molecule has 0 aliphatic rings. The summed E-state index contributed by atoms with van der Waals surface area (Å²) in [6.45, 7) is 2.09. The molecule has 4 rings (SSSR count). The molecule has 4 aromatic rings. The van der Waals surface area contributed by atoms with Crippen LogP contribution in [0.3, 0.4) is 0 Å². The maximum atomic E-state index is 12.4. The smallest absolute Gasteiger partial charge is 0.224 e. The number of imidazole rings is 1. The van der Waals surface area contributed by atoms with E-state index < -0.39 is 0 Å². The van der Waals surface area contributed by atoms with Crippen molar-refractivity contribution in [2.45, 2.75) is 26.2 Å². The number of rotatable bonds is 6. The molecule has 1 N–H and O–H groups in total. The first kappa shape index (κ1) is 17.5. The number of amides is 1. The first-order chi connectivity index (χ1) is 13.2. The van der Waals surface area contributed by atoms with Crippen LogP contribution in [0.5, 0.6) is 0 Å². The van der Waals surface area contributed by atoms with Crippen molar-refractivity contribution in [3.05, 3.63) is 77.4 Å². The fraction of sp³-hybridized carbons (Fsp3) is 0.182. The molecule has 0 bridgehead atoms. The first-order valence-electron chi connectivity index (χ1n) is 9.13. The molecular weight excluding hydrogens is 354 g/mol. The molecule has 0 unspecified atom stereocenters. The van der Waals surface area contributed by atoms with E-state index in [0.717, 1.165) is 39.6 Å². The van der Waals surface area contributed by atoms with Gasteiger partial charge in [0.2, 0.25) is 5.91 Å². The molecule has 0 radical (unpaired) electrons. The minimum atomic E-state index is 0.0404. The van der Waals surface area contributed by atoms with E-state index >= 15 is 0 Å². The summed E-state index contributed by atoms with van der Waals surface area (Å²) in [5.74, 6) is 0.0404. The molecular formula is C22H21N3OS. The number of carbonyl (C=O) groups excluding carboxylic acids is 1. The molecule has 0 saturated heterocycles. The maximum absolute atomic E-state index is 12.4. The Hall–Kier alpha value is -2.92. The van der Waals surface area contributed by atoms with E-state index in [2.05, 4.69) is 46.4 Å². The average Bonchev–Trinajstić information content (AvgIpc) is 3.29. The SMILES string of the molecule is CCc1ccccc1NC(=O)CCc1csc2nc(-c3ccccc3)cn12. The molecule has 2 aromatic heterocycles. The van der Waals surface area contributed by atoms with Gasteiger partial charge in [-0.05, 0) is 24.5 Å². The maximum Gasteiger partial charge on any atom is 0.224 e. The molecule has 1 amide bonds. The van der Waals surface area contributed by atoms with Gasteiger partial charge in [-0.3, -0.25) is 9.20 Å². The highest BCUT2D eigenvalue weighted by molar-refractivity contribution is 7.15. The molecule has 0 saturated carbocycles. The number of nitrogens with zero attached hydrogens (tertiary/aromatic N) is 2. The number of carbonyl (C=O) groups is 1. The van der Waals surface area contributed by atoms with Crippen molar-refractivity contribution in [1.29, 1.82) is 0 Å². The molecule has 2 heterocycles. The van der Waals surface area contributed by atoms with Crippen molar-refractivity contribution in [2.75, 3.05) is 5.32 Å². The monoisotopic (exact) mass is 375 g/mol. The lowest BCUT2D eigenvalue weighted by Crippen LogP contribution is -2.14. The average molecular weight is 375 g/mol. The van der Waals surface area contributed by atoms with Gasteiger partial charge in [-0.15, -0.1) is 11.3 Å². The summed E-state index contributed by atoms with van der Waals surface area (Å²) in [5, 5.41) is 5.13. The minimum absolute atomic E-state index is 0.0404. The molecule has 0 fully saturated rings. The van der Waals surface area contributed by atoms with E-state index in [-0.39, 0.29) is 5.91 Å². The quantitative estimate of drug-likeness (QED) is 0.504. The Labute approximate surface area is 162 Å². The number of fused-ring (bicyclic) bond motifs is 1. The Kier molecular flexibility index (Phi) is 5.03. The number of nitrogens with one attached hydrogen (secondary N) is 1. The van der Waals surface area contributed by atoms with Gasteiger partial charge < -0.3 is 5.32 Å². The van der Waals surface area contributed by atoms with E-state index in [1.54, 1.807) is 11.3 Å². The predicted octanol–water partition coefficient (Wildman–Crippen LogP) is 5.20. The third-order valence-electron chi connectivity index (χ3n) is 4.63. The van der Waals surface area contributed by atoms with E-state index in [1.165, 1.54) is 0 Å². The molecule has 5 heteroatoms. The molecule has 0 aliphatic heterocycles. The van der Waals surface area contributed by atoms with Gasteiger partial charge in [0.1, 0.15) is 0 Å². The van der Waals surface area contributed by atoms with Crippen LogP contribution in [-0.4, -0.2) is 15.3 Å². The second-order valence-electron chi connectivity index (χ2n) is 6.43. The van der Waals surface area contributed by atoms with Gasteiger partial charge in [0, 0.05) is 34.9 Å². The predicted molar refractivity (Wildman–Crippen MR) is 111 cm³/mol. The van der Waals surface area contributed by atoms with Gasteiger partial charge in [-0.2, -0.15) is 0 Å². The third kappa shape index (κ3) is 3.78. The lowest BCUT2D eigenvalue weighted by molar-refractivity contribution is -0.116. The lowest BCUT2D eigenvalue weighted by Gasteiger charge is -2.09. The van der Waals surface area contributed by atoms with E-state index in [0.29, 0.717) is 12.8 Å². The second kappa shape index (κ2) is 7.76. The highest BCUT2D eigenvalue weighted by atomic mass is 32.1. The Morgan fingerprint density at radius 3 is 2.70 bits per heavy atom. The number of hydrogen-bond acceptors (Lipinski definition) is 3. The topological polar surface area (TPSA) is 46.4 Å². The number of hydrogen-bond donors (Lipinski definition) is 1. The van der Waals surface area contributed by atoms with Crippen LogP contribution in [0.4, 0.5) is 5.69 Å². The molecule has 27 heavy (non-hydrogen) atoms. The Balaban J connectivity index is 1.46. The van der Waals surface area contributed by atoms with Crippen molar-refractivity contribution in [1.82, 2.24) is 9.38 Å². The number of para-hydroxylation sites is 1. The van der Waals surface area contributed by atoms with Crippen LogP contribution in [-0.2, 0) is 17.6 Å². The normalized spacial score (nSPS) is 11.0. The zero-order valence-electron chi connectivity index (χ0n) is 15.2. The molecule has 0 aliphatic carbocycles. The molecule has 0 spiro atoms. The van der Waals surface area contributed by atoms with Gasteiger partial charge in [0.05, 0.1) is 5.69 Å². The fourth-order valence-electron chi connectivity index (χ4n) is 3.16. The number of thiazole rings is 1. The Bertz CT molecular complexity index is 1070. The van der Waals surface area contributed by atoms with Crippen molar-refractivity contribution >= 4 is 27.9 Å². The Morgan fingerprint density at radius 1 is 1.11 bits per heavy atom. The highest BCUT2D eigenvalue weighted by Gasteiger charge is 2.12. The van der Waals surface area contributed by atoms with Crippen LogP contribution >= 0.6 is 11.3 Å². The lowest BCUT2D eigenvalue weighted by atomic mass is 10.1. The highest BCUT2D eigenvalue weighted by Crippen LogP contribution is 2.24. The summed E-state index contributed by atoms with van der Waals surface area (Å²) in [6.07, 6.45) is 4.09. The van der Waals surface area contributed by atoms with Gasteiger partial charge in [0.15, 0.2) is 4.96 Å². The van der Waals surface area contributed by atoms with Crippen LogP contribution in [0, 0.1) is 0 Å². The summed E-state index contributed by atoms with van der Waals surface area (Å²) in [5.41, 5.74) is 5.25. The third-order valence-corrected chi connectivity index (χ3v) is 5.52. The number of aryl methyl sites for hydroxylation is 2. The fourth-order valence-corrected chi connectivity index (χ4v) is 4.07. The van der Waals surface area contributed by atoms with Crippen LogP contribution in [0.1, 0.15) is 24.6 Å². The van der Waals surface area contributed by atoms with Crippen molar-refractivity contribution in [3.8, 4) is 11.3 Å². The van der Waals surface area contributed by atoms with Gasteiger partial charge in [-0.25, -0.2) is 4.98 Å². The summed E-state index contributed by atoms with van der Waals surface area (Å²) >= 11 is 1.61.